The summed E-state index contributed by atoms with van der Waals surface area (Å²) in [6, 6.07) is 0. The molecular weight excluding hydrogens is 268 g/mol. The average Bonchev–Trinajstić information content (AvgIpc) is 2.88. The topological polar surface area (TPSA) is 9.23 Å². The van der Waals surface area contributed by atoms with E-state index in [1.807, 2.05) is 0 Å². The van der Waals surface area contributed by atoms with Gasteiger partial charge in [0.15, 0.2) is 0 Å². The van der Waals surface area contributed by atoms with Crippen LogP contribution in [0.1, 0.15) is 65.7 Å². The predicted octanol–water partition coefficient (Wildman–Crippen LogP) is 5.39. The van der Waals surface area contributed by atoms with Gasteiger partial charge in [0.1, 0.15) is 0 Å². The molecule has 0 spiro atoms. The first kappa shape index (κ1) is 15.5. The number of ether oxygens (including phenoxy) is 1. The summed E-state index contributed by atoms with van der Waals surface area (Å²) in [4.78, 5) is 0. The summed E-state index contributed by atoms with van der Waals surface area (Å²) in [5, 5.41) is 0. The maximum Gasteiger partial charge on any atom is 0.0497 e. The second-order valence-electron chi connectivity index (χ2n) is 9.66. The largest absolute Gasteiger partial charge is 0.381 e. The average molecular weight is 305 g/mol. The minimum Gasteiger partial charge on any atom is -0.381 e. The second kappa shape index (κ2) is 6.11. The van der Waals surface area contributed by atoms with Gasteiger partial charge < -0.3 is 4.74 Å². The second-order valence-corrected chi connectivity index (χ2v) is 9.66. The van der Waals surface area contributed by atoms with Gasteiger partial charge in [0.05, 0.1) is 0 Å². The standard InChI is InChI=1S/C21H36O/c1-13(2)19-9-15-4-5-16(10-19)20(15)8-14(3)21-17-6-7-18(21)12-22-11-17/h13-21H,4-12H2,1-3H3. The van der Waals surface area contributed by atoms with Gasteiger partial charge in [-0.15, -0.1) is 0 Å². The predicted molar refractivity (Wildman–Crippen MR) is 91.6 cm³/mol. The maximum atomic E-state index is 5.82. The molecule has 0 aromatic rings. The van der Waals surface area contributed by atoms with Crippen LogP contribution in [-0.4, -0.2) is 13.2 Å². The van der Waals surface area contributed by atoms with Crippen LogP contribution in [0, 0.1) is 53.3 Å². The molecule has 1 nitrogen and oxygen atoms in total. The summed E-state index contributed by atoms with van der Waals surface area (Å²) >= 11 is 0. The lowest BCUT2D eigenvalue weighted by Crippen LogP contribution is -2.36. The Morgan fingerprint density at radius 1 is 0.818 bits per heavy atom. The van der Waals surface area contributed by atoms with Crippen LogP contribution in [0.3, 0.4) is 0 Å². The molecule has 4 aliphatic rings. The fourth-order valence-corrected chi connectivity index (χ4v) is 7.10. The van der Waals surface area contributed by atoms with Gasteiger partial charge in [-0.3, -0.25) is 0 Å². The van der Waals surface area contributed by atoms with Gasteiger partial charge in [0.25, 0.3) is 0 Å². The van der Waals surface area contributed by atoms with E-state index in [1.54, 1.807) is 25.7 Å². The lowest BCUT2D eigenvalue weighted by molar-refractivity contribution is -0.0204. The maximum absolute atomic E-state index is 5.82. The molecular formula is C21H36O. The first-order chi connectivity index (χ1) is 10.6. The van der Waals surface area contributed by atoms with Crippen molar-refractivity contribution in [1.82, 2.24) is 0 Å². The smallest absolute Gasteiger partial charge is 0.0497 e. The highest BCUT2D eigenvalue weighted by molar-refractivity contribution is 4.96. The molecule has 0 amide bonds. The molecule has 1 heterocycles. The normalized spacial score (nSPS) is 48.8. The van der Waals surface area contributed by atoms with Crippen LogP contribution in [0.5, 0.6) is 0 Å². The van der Waals surface area contributed by atoms with E-state index in [9.17, 15) is 0 Å². The van der Waals surface area contributed by atoms with Crippen molar-refractivity contribution in [1.29, 1.82) is 0 Å². The van der Waals surface area contributed by atoms with E-state index < -0.39 is 0 Å². The van der Waals surface area contributed by atoms with E-state index in [-0.39, 0.29) is 0 Å². The van der Waals surface area contributed by atoms with Gasteiger partial charge in [0, 0.05) is 13.2 Å². The number of rotatable bonds is 4. The van der Waals surface area contributed by atoms with Crippen molar-refractivity contribution in [2.75, 3.05) is 13.2 Å². The lowest BCUT2D eigenvalue weighted by Gasteiger charge is -2.41. The molecule has 0 aromatic heterocycles. The van der Waals surface area contributed by atoms with Crippen molar-refractivity contribution < 1.29 is 4.74 Å². The summed E-state index contributed by atoms with van der Waals surface area (Å²) < 4.78 is 5.82. The fraction of sp³-hybridized carbons (Fsp3) is 1.00. The Hall–Kier alpha value is -0.0400. The van der Waals surface area contributed by atoms with Crippen LogP contribution >= 0.6 is 0 Å². The van der Waals surface area contributed by atoms with Gasteiger partial charge in [-0.25, -0.2) is 0 Å². The van der Waals surface area contributed by atoms with Crippen LogP contribution in [0.15, 0.2) is 0 Å². The van der Waals surface area contributed by atoms with Crippen molar-refractivity contribution in [2.45, 2.75) is 65.7 Å². The number of hydrogen-bond acceptors (Lipinski definition) is 1. The lowest BCUT2D eigenvalue weighted by atomic mass is 9.65. The van der Waals surface area contributed by atoms with Crippen LogP contribution in [0.25, 0.3) is 0 Å². The van der Waals surface area contributed by atoms with Crippen molar-refractivity contribution in [3.8, 4) is 0 Å². The van der Waals surface area contributed by atoms with Gasteiger partial charge >= 0.3 is 0 Å². The summed E-state index contributed by atoms with van der Waals surface area (Å²) in [5.74, 6) is 8.92. The van der Waals surface area contributed by atoms with E-state index in [1.165, 1.54) is 19.3 Å². The Balaban J connectivity index is 1.40. The molecule has 0 aromatic carbocycles. The molecule has 1 heteroatoms. The zero-order chi connectivity index (χ0) is 15.3. The number of hydrogen-bond donors (Lipinski definition) is 0. The minimum absolute atomic E-state index is 0.901. The molecule has 5 unspecified atom stereocenters. The molecule has 22 heavy (non-hydrogen) atoms. The van der Waals surface area contributed by atoms with E-state index in [2.05, 4.69) is 20.8 Å². The fourth-order valence-electron chi connectivity index (χ4n) is 7.10. The summed E-state index contributed by atoms with van der Waals surface area (Å²) in [7, 11) is 0. The molecule has 3 saturated carbocycles. The zero-order valence-corrected chi connectivity index (χ0v) is 15.0. The van der Waals surface area contributed by atoms with Crippen LogP contribution < -0.4 is 0 Å². The molecule has 1 saturated heterocycles. The van der Waals surface area contributed by atoms with Crippen LogP contribution in [-0.2, 0) is 4.74 Å². The van der Waals surface area contributed by atoms with Crippen molar-refractivity contribution >= 4 is 0 Å². The summed E-state index contributed by atoms with van der Waals surface area (Å²) in [6.07, 6.45) is 10.6. The first-order valence-corrected chi connectivity index (χ1v) is 10.2. The highest BCUT2D eigenvalue weighted by Gasteiger charge is 2.47. The third-order valence-corrected chi connectivity index (χ3v) is 8.23. The summed E-state index contributed by atoms with van der Waals surface area (Å²) in [6.45, 7) is 9.63. The van der Waals surface area contributed by atoms with Crippen molar-refractivity contribution in [3.05, 3.63) is 0 Å². The highest BCUT2D eigenvalue weighted by Crippen LogP contribution is 2.55. The van der Waals surface area contributed by atoms with Gasteiger partial charge in [0.2, 0.25) is 0 Å². The Labute approximate surface area is 137 Å². The van der Waals surface area contributed by atoms with Crippen molar-refractivity contribution in [3.63, 3.8) is 0 Å². The third-order valence-electron chi connectivity index (χ3n) is 8.23. The Morgan fingerprint density at radius 2 is 1.36 bits per heavy atom. The molecule has 5 atom stereocenters. The monoisotopic (exact) mass is 304 g/mol. The van der Waals surface area contributed by atoms with Gasteiger partial charge in [-0.05, 0) is 98.2 Å². The van der Waals surface area contributed by atoms with Crippen molar-refractivity contribution in [2.24, 2.45) is 53.3 Å². The SMILES string of the molecule is CC(C)C1CC2CCC(C1)C2CC(C)C1C2CCC1COC2. The van der Waals surface area contributed by atoms with E-state index >= 15 is 0 Å². The summed E-state index contributed by atoms with van der Waals surface area (Å²) in [5.41, 5.74) is 0. The zero-order valence-electron chi connectivity index (χ0n) is 15.0. The van der Waals surface area contributed by atoms with Crippen LogP contribution in [0.2, 0.25) is 0 Å². The minimum atomic E-state index is 0.901. The van der Waals surface area contributed by atoms with Gasteiger partial charge in [-0.2, -0.15) is 0 Å². The van der Waals surface area contributed by atoms with Gasteiger partial charge in [-0.1, -0.05) is 20.8 Å². The first-order valence-electron chi connectivity index (χ1n) is 10.2. The molecule has 3 aliphatic carbocycles. The van der Waals surface area contributed by atoms with E-state index in [0.29, 0.717) is 0 Å². The molecule has 4 bridgehead atoms. The van der Waals surface area contributed by atoms with E-state index in [0.717, 1.165) is 66.5 Å². The quantitative estimate of drug-likeness (QED) is 0.676. The molecule has 126 valence electrons. The molecule has 1 aliphatic heterocycles. The molecule has 4 rings (SSSR count). The third kappa shape index (κ3) is 2.66. The van der Waals surface area contributed by atoms with Crippen LogP contribution in [0.4, 0.5) is 0 Å². The van der Waals surface area contributed by atoms with E-state index in [4.69, 9.17) is 4.74 Å². The molecule has 4 fully saturated rings. The Bertz CT molecular complexity index is 359. The molecule has 0 N–H and O–H groups in total. The number of fused-ring (bicyclic) bond motifs is 4. The Kier molecular flexibility index (Phi) is 4.30. The highest BCUT2D eigenvalue weighted by atomic mass is 16.5. The Morgan fingerprint density at radius 3 is 1.91 bits per heavy atom. The molecule has 0 radical (unpaired) electrons.